The first kappa shape index (κ1) is 20.3. The molecule has 0 aliphatic carbocycles. The molecule has 0 aromatic carbocycles. The maximum Gasteiger partial charge on any atom is 0.490 e. The second-order valence-corrected chi connectivity index (χ2v) is 3.28. The lowest BCUT2D eigenvalue weighted by atomic mass is 10.0. The number of hydrogen-bond acceptors (Lipinski definition) is 7. The highest BCUT2D eigenvalue weighted by Crippen LogP contribution is 2.13. The molecule has 0 bridgehead atoms. The van der Waals surface area contributed by atoms with E-state index in [0.717, 1.165) is 0 Å². The Morgan fingerprint density at radius 1 is 0.895 bits per heavy atom. The zero-order chi connectivity index (χ0) is 15.8. The SMILES string of the molecule is O=C(O)C(F)(F)F.OC[C@@H](O)[C@@H](O)[C@H](O)[C@H](O)CO. The minimum absolute atomic E-state index is 0.726. The van der Waals surface area contributed by atoms with Gasteiger partial charge in [-0.3, -0.25) is 0 Å². The van der Waals surface area contributed by atoms with Crippen molar-refractivity contribution < 1.29 is 53.7 Å². The summed E-state index contributed by atoms with van der Waals surface area (Å²) in [5, 5.41) is 59.3. The Labute approximate surface area is 105 Å². The van der Waals surface area contributed by atoms with E-state index in [9.17, 15) is 13.2 Å². The Bertz CT molecular complexity index is 245. The van der Waals surface area contributed by atoms with Gasteiger partial charge in [-0.1, -0.05) is 0 Å². The summed E-state index contributed by atoms with van der Waals surface area (Å²) in [5.74, 6) is -2.76. The van der Waals surface area contributed by atoms with Crippen molar-refractivity contribution in [1.29, 1.82) is 0 Å². The van der Waals surface area contributed by atoms with Crippen LogP contribution in [0.4, 0.5) is 13.2 Å². The second kappa shape index (κ2) is 9.01. The molecule has 0 saturated heterocycles. The van der Waals surface area contributed by atoms with E-state index >= 15 is 0 Å². The van der Waals surface area contributed by atoms with Gasteiger partial charge in [-0.05, 0) is 0 Å². The number of rotatable bonds is 5. The smallest absolute Gasteiger partial charge is 0.475 e. The average molecular weight is 296 g/mol. The monoisotopic (exact) mass is 296 g/mol. The van der Waals surface area contributed by atoms with Crippen LogP contribution in [0.1, 0.15) is 0 Å². The van der Waals surface area contributed by atoms with Crippen molar-refractivity contribution in [2.45, 2.75) is 30.6 Å². The van der Waals surface area contributed by atoms with E-state index in [0.29, 0.717) is 0 Å². The molecule has 0 rings (SSSR count). The van der Waals surface area contributed by atoms with Crippen LogP contribution in [0, 0.1) is 0 Å². The molecule has 4 atom stereocenters. The van der Waals surface area contributed by atoms with Crippen LogP contribution in [0.15, 0.2) is 0 Å². The molecule has 7 N–H and O–H groups in total. The Morgan fingerprint density at radius 2 is 1.11 bits per heavy atom. The normalized spacial score (nSPS) is 17.7. The Morgan fingerprint density at radius 3 is 1.21 bits per heavy atom. The topological polar surface area (TPSA) is 159 Å². The first-order valence-electron chi connectivity index (χ1n) is 4.73. The molecule has 11 heteroatoms. The molecule has 0 aliphatic heterocycles. The summed E-state index contributed by atoms with van der Waals surface area (Å²) in [5.41, 5.74) is 0. The molecular formula is C8H15F3O8. The molecule has 0 fully saturated rings. The van der Waals surface area contributed by atoms with Crippen molar-refractivity contribution in [2.24, 2.45) is 0 Å². The predicted octanol–water partition coefficient (Wildman–Crippen LogP) is -2.95. The summed E-state index contributed by atoms with van der Waals surface area (Å²) >= 11 is 0. The zero-order valence-electron chi connectivity index (χ0n) is 9.40. The third-order valence-corrected chi connectivity index (χ3v) is 1.75. The third kappa shape index (κ3) is 8.69. The number of carboxylic acid groups (broad SMARTS) is 1. The molecule has 116 valence electrons. The van der Waals surface area contributed by atoms with Gasteiger partial charge in [0.15, 0.2) is 0 Å². The van der Waals surface area contributed by atoms with Gasteiger partial charge in [0.2, 0.25) is 0 Å². The Balaban J connectivity index is 0. The molecule has 0 radical (unpaired) electrons. The van der Waals surface area contributed by atoms with Gasteiger partial charge < -0.3 is 35.7 Å². The van der Waals surface area contributed by atoms with Crippen LogP contribution >= 0.6 is 0 Å². The lowest BCUT2D eigenvalue weighted by molar-refractivity contribution is -0.192. The van der Waals surface area contributed by atoms with E-state index in [1.165, 1.54) is 0 Å². The number of aliphatic hydroxyl groups is 6. The number of alkyl halides is 3. The number of hydrogen-bond donors (Lipinski definition) is 7. The van der Waals surface area contributed by atoms with E-state index in [1.807, 2.05) is 0 Å². The highest BCUT2D eigenvalue weighted by Gasteiger charge is 2.38. The average Bonchev–Trinajstić information content (AvgIpc) is 2.34. The molecule has 0 aromatic rings. The molecule has 8 nitrogen and oxygen atoms in total. The van der Waals surface area contributed by atoms with Crippen LogP contribution in [0.2, 0.25) is 0 Å². The highest BCUT2D eigenvalue weighted by molar-refractivity contribution is 5.73. The molecule has 0 saturated carbocycles. The van der Waals surface area contributed by atoms with Gasteiger partial charge in [0.1, 0.15) is 24.4 Å². The molecule has 19 heavy (non-hydrogen) atoms. The lowest BCUT2D eigenvalue weighted by Crippen LogP contribution is -2.46. The number of carboxylic acids is 1. The quantitative estimate of drug-likeness (QED) is 0.283. The zero-order valence-corrected chi connectivity index (χ0v) is 9.40. The molecule has 0 aliphatic rings. The third-order valence-electron chi connectivity index (χ3n) is 1.75. The lowest BCUT2D eigenvalue weighted by Gasteiger charge is -2.24. The van der Waals surface area contributed by atoms with E-state index in [1.54, 1.807) is 0 Å². The van der Waals surface area contributed by atoms with Gasteiger partial charge in [0.05, 0.1) is 13.2 Å². The maximum absolute atomic E-state index is 10.6. The summed E-state index contributed by atoms with van der Waals surface area (Å²) in [6.45, 7) is -1.45. The van der Waals surface area contributed by atoms with Crippen molar-refractivity contribution >= 4 is 5.97 Å². The van der Waals surface area contributed by atoms with Crippen molar-refractivity contribution in [3.63, 3.8) is 0 Å². The first-order chi connectivity index (χ1) is 8.48. The standard InChI is InChI=1S/C6H14O6.C2HF3O2/c7-1-3(9)5(11)6(12)4(10)2-8;3-2(4,5)1(6)7/h3-12H,1-2H2;(H,6,7)/t3-,4-,5-,6-;/m1./s1. The highest BCUT2D eigenvalue weighted by atomic mass is 19.4. The van der Waals surface area contributed by atoms with Gasteiger partial charge in [0, 0.05) is 0 Å². The van der Waals surface area contributed by atoms with Crippen LogP contribution in [-0.4, -0.2) is 85.5 Å². The van der Waals surface area contributed by atoms with Crippen LogP contribution in [0.5, 0.6) is 0 Å². The van der Waals surface area contributed by atoms with Gasteiger partial charge in [-0.25, -0.2) is 4.79 Å². The van der Waals surface area contributed by atoms with Crippen LogP contribution < -0.4 is 0 Å². The number of halogens is 3. The van der Waals surface area contributed by atoms with Crippen molar-refractivity contribution in [3.05, 3.63) is 0 Å². The predicted molar refractivity (Wildman–Crippen MR) is 51.9 cm³/mol. The molecule has 0 heterocycles. The second-order valence-electron chi connectivity index (χ2n) is 3.28. The summed E-state index contributed by atoms with van der Waals surface area (Å²) in [6.07, 6.45) is -11.5. The number of aliphatic carboxylic acids is 1. The minimum atomic E-state index is -5.08. The maximum atomic E-state index is 10.6. The molecule has 0 spiro atoms. The van der Waals surface area contributed by atoms with E-state index in [4.69, 9.17) is 40.5 Å². The molecule has 0 aromatic heterocycles. The van der Waals surface area contributed by atoms with E-state index < -0.39 is 49.8 Å². The van der Waals surface area contributed by atoms with Gasteiger partial charge in [-0.15, -0.1) is 0 Å². The van der Waals surface area contributed by atoms with Crippen LogP contribution in [-0.2, 0) is 4.79 Å². The summed E-state index contributed by atoms with van der Waals surface area (Å²) in [7, 11) is 0. The first-order valence-corrected chi connectivity index (χ1v) is 4.73. The van der Waals surface area contributed by atoms with E-state index in [2.05, 4.69) is 0 Å². The Hall–Kier alpha value is -0.980. The molecule has 0 amide bonds. The summed E-state index contributed by atoms with van der Waals surface area (Å²) in [6, 6.07) is 0. The van der Waals surface area contributed by atoms with Crippen molar-refractivity contribution in [1.82, 2.24) is 0 Å². The van der Waals surface area contributed by atoms with Crippen molar-refractivity contribution in [2.75, 3.05) is 13.2 Å². The number of aliphatic hydroxyl groups excluding tert-OH is 6. The van der Waals surface area contributed by atoms with Gasteiger partial charge in [-0.2, -0.15) is 13.2 Å². The summed E-state index contributed by atoms with van der Waals surface area (Å²) in [4.78, 5) is 8.90. The van der Waals surface area contributed by atoms with Crippen LogP contribution in [0.3, 0.4) is 0 Å². The summed E-state index contributed by atoms with van der Waals surface area (Å²) < 4.78 is 31.7. The van der Waals surface area contributed by atoms with Gasteiger partial charge in [0.25, 0.3) is 0 Å². The van der Waals surface area contributed by atoms with E-state index in [-0.39, 0.29) is 0 Å². The largest absolute Gasteiger partial charge is 0.490 e. The minimum Gasteiger partial charge on any atom is -0.475 e. The van der Waals surface area contributed by atoms with Gasteiger partial charge >= 0.3 is 12.1 Å². The van der Waals surface area contributed by atoms with Crippen molar-refractivity contribution in [3.8, 4) is 0 Å². The Kier molecular flexibility index (Phi) is 9.64. The molecule has 0 unspecified atom stereocenters. The number of carbonyl (C=O) groups is 1. The molecular weight excluding hydrogens is 281 g/mol. The fourth-order valence-electron chi connectivity index (χ4n) is 0.671. The fourth-order valence-corrected chi connectivity index (χ4v) is 0.671. The fraction of sp³-hybridized carbons (Fsp3) is 0.875. The van der Waals surface area contributed by atoms with Crippen LogP contribution in [0.25, 0.3) is 0 Å².